The number of fused-ring (bicyclic) bond motifs is 2. The molecule has 2 bridgehead atoms. The highest BCUT2D eigenvalue weighted by Gasteiger charge is 2.33. The predicted octanol–water partition coefficient (Wildman–Crippen LogP) is 2.18. The van der Waals surface area contributed by atoms with Gasteiger partial charge in [0, 0.05) is 5.92 Å². The van der Waals surface area contributed by atoms with Crippen molar-refractivity contribution in [3.8, 4) is 0 Å². The van der Waals surface area contributed by atoms with Gasteiger partial charge in [0.25, 0.3) is 0 Å². The van der Waals surface area contributed by atoms with Gasteiger partial charge in [-0.25, -0.2) is 0 Å². The Bertz CT molecular complexity index is 205. The molecule has 1 heteroatoms. The predicted molar refractivity (Wildman–Crippen MR) is 44.1 cm³/mol. The summed E-state index contributed by atoms with van der Waals surface area (Å²) in [7, 11) is 0. The van der Waals surface area contributed by atoms with Crippen LogP contribution in [-0.4, -0.2) is 5.78 Å². The molecule has 3 aliphatic carbocycles. The number of rotatable bonds is 1. The zero-order valence-electron chi connectivity index (χ0n) is 6.92. The van der Waals surface area contributed by atoms with Gasteiger partial charge in [-0.05, 0) is 38.0 Å². The van der Waals surface area contributed by atoms with E-state index in [1.807, 2.05) is 0 Å². The maximum Gasteiger partial charge on any atom is 0.133 e. The van der Waals surface area contributed by atoms with Crippen LogP contribution in [0.2, 0.25) is 0 Å². The number of hydrogen-bond acceptors (Lipinski definition) is 1. The molecule has 60 valence electrons. The zero-order chi connectivity index (χ0) is 7.84. The Kier molecular flexibility index (Phi) is 1.59. The summed E-state index contributed by atoms with van der Waals surface area (Å²) in [6.45, 7) is 1.74. The van der Waals surface area contributed by atoms with Gasteiger partial charge in [0.15, 0.2) is 0 Å². The summed E-state index contributed by atoms with van der Waals surface area (Å²) < 4.78 is 0. The normalized spacial score (nSPS) is 41.0. The lowest BCUT2D eigenvalue weighted by molar-refractivity contribution is -0.123. The van der Waals surface area contributed by atoms with Gasteiger partial charge < -0.3 is 0 Å². The molecule has 0 aromatic carbocycles. The third-order valence-electron chi connectivity index (χ3n) is 3.10. The Balaban J connectivity index is 2.17. The number of hydrogen-bond donors (Lipinski definition) is 0. The minimum absolute atomic E-state index is 0.360. The first-order valence-corrected chi connectivity index (χ1v) is 4.46. The van der Waals surface area contributed by atoms with E-state index in [9.17, 15) is 4.79 Å². The standard InChI is InChI=1S/C10H14O/c1-7(11)10-6-8-2-4-9(10)5-3-8/h2,4,8-10H,3,5-6H2,1H3/t8-,9-,10-/m1/s1. The minimum atomic E-state index is 0.360. The van der Waals surface area contributed by atoms with E-state index in [0.717, 1.165) is 6.42 Å². The van der Waals surface area contributed by atoms with Crippen molar-refractivity contribution >= 4 is 5.78 Å². The van der Waals surface area contributed by atoms with Gasteiger partial charge in [0.2, 0.25) is 0 Å². The van der Waals surface area contributed by atoms with Crippen LogP contribution in [0.25, 0.3) is 0 Å². The van der Waals surface area contributed by atoms with Crippen molar-refractivity contribution in [1.29, 1.82) is 0 Å². The van der Waals surface area contributed by atoms with Gasteiger partial charge in [-0.2, -0.15) is 0 Å². The molecule has 3 rings (SSSR count). The zero-order valence-corrected chi connectivity index (χ0v) is 6.92. The van der Waals surface area contributed by atoms with E-state index in [2.05, 4.69) is 12.2 Å². The van der Waals surface area contributed by atoms with E-state index in [1.54, 1.807) is 6.92 Å². The molecule has 11 heavy (non-hydrogen) atoms. The first-order valence-electron chi connectivity index (χ1n) is 4.46. The monoisotopic (exact) mass is 150 g/mol. The van der Waals surface area contributed by atoms with Crippen molar-refractivity contribution in [2.45, 2.75) is 26.2 Å². The number of carbonyl (C=O) groups is 1. The molecule has 0 radical (unpaired) electrons. The largest absolute Gasteiger partial charge is 0.300 e. The lowest BCUT2D eigenvalue weighted by Gasteiger charge is -2.36. The molecule has 0 N–H and O–H groups in total. The maximum absolute atomic E-state index is 11.2. The minimum Gasteiger partial charge on any atom is -0.300 e. The van der Waals surface area contributed by atoms with Gasteiger partial charge in [-0.15, -0.1) is 0 Å². The maximum atomic E-state index is 11.2. The Morgan fingerprint density at radius 2 is 2.18 bits per heavy atom. The van der Waals surface area contributed by atoms with Crippen LogP contribution in [0.15, 0.2) is 12.2 Å². The number of allylic oxidation sites excluding steroid dienone is 2. The Hall–Kier alpha value is -0.590. The first-order chi connectivity index (χ1) is 5.27. The van der Waals surface area contributed by atoms with E-state index in [1.165, 1.54) is 12.8 Å². The van der Waals surface area contributed by atoms with E-state index < -0.39 is 0 Å². The molecular formula is C10H14O. The second-order valence-corrected chi connectivity index (χ2v) is 3.84. The average molecular weight is 150 g/mol. The Morgan fingerprint density at radius 3 is 2.45 bits per heavy atom. The summed E-state index contributed by atoms with van der Waals surface area (Å²) in [6.07, 6.45) is 8.23. The number of ketones is 1. The molecule has 0 saturated heterocycles. The van der Waals surface area contributed by atoms with Crippen LogP contribution in [-0.2, 0) is 4.79 Å². The molecule has 0 spiro atoms. The highest BCUT2D eigenvalue weighted by Crippen LogP contribution is 2.40. The fourth-order valence-electron chi connectivity index (χ4n) is 2.40. The van der Waals surface area contributed by atoms with Gasteiger partial charge in [-0.3, -0.25) is 4.79 Å². The second-order valence-electron chi connectivity index (χ2n) is 3.84. The molecule has 3 aliphatic rings. The summed E-state index contributed by atoms with van der Waals surface area (Å²) in [5.74, 6) is 2.05. The number of carbonyl (C=O) groups excluding carboxylic acids is 1. The summed E-state index contributed by atoms with van der Waals surface area (Å²) in [5.41, 5.74) is 0. The second kappa shape index (κ2) is 2.47. The van der Waals surface area contributed by atoms with Crippen LogP contribution in [0.3, 0.4) is 0 Å². The summed E-state index contributed by atoms with van der Waals surface area (Å²) in [6, 6.07) is 0. The van der Waals surface area contributed by atoms with Crippen molar-refractivity contribution in [3.05, 3.63) is 12.2 Å². The summed E-state index contributed by atoms with van der Waals surface area (Å²) in [4.78, 5) is 11.2. The van der Waals surface area contributed by atoms with Crippen LogP contribution in [0.4, 0.5) is 0 Å². The molecule has 0 amide bonds. The summed E-state index contributed by atoms with van der Waals surface area (Å²) in [5, 5.41) is 0. The van der Waals surface area contributed by atoms with Crippen molar-refractivity contribution in [1.82, 2.24) is 0 Å². The molecule has 1 nitrogen and oxygen atoms in total. The molecule has 1 fully saturated rings. The van der Waals surface area contributed by atoms with Crippen LogP contribution < -0.4 is 0 Å². The fourth-order valence-corrected chi connectivity index (χ4v) is 2.40. The highest BCUT2D eigenvalue weighted by atomic mass is 16.1. The molecule has 0 heterocycles. The molecule has 0 aromatic rings. The molecule has 0 unspecified atom stereocenters. The Labute approximate surface area is 67.5 Å². The van der Waals surface area contributed by atoms with Crippen LogP contribution in [0.1, 0.15) is 26.2 Å². The van der Waals surface area contributed by atoms with E-state index in [0.29, 0.717) is 23.5 Å². The van der Waals surface area contributed by atoms with Crippen molar-refractivity contribution < 1.29 is 4.79 Å². The molecule has 0 aliphatic heterocycles. The van der Waals surface area contributed by atoms with Gasteiger partial charge in [-0.1, -0.05) is 12.2 Å². The third kappa shape index (κ3) is 1.13. The molecule has 0 aromatic heterocycles. The molecule has 3 atom stereocenters. The highest BCUT2D eigenvalue weighted by molar-refractivity contribution is 5.79. The van der Waals surface area contributed by atoms with Gasteiger partial charge in [0.05, 0.1) is 0 Å². The average Bonchev–Trinajstić information content (AvgIpc) is 2.06. The van der Waals surface area contributed by atoms with Gasteiger partial charge >= 0.3 is 0 Å². The molecular weight excluding hydrogens is 136 g/mol. The van der Waals surface area contributed by atoms with E-state index in [-0.39, 0.29) is 0 Å². The van der Waals surface area contributed by atoms with Crippen molar-refractivity contribution in [2.75, 3.05) is 0 Å². The SMILES string of the molecule is CC(=O)[C@H]1C[C@@H]2C=C[C@@H]1CC2. The van der Waals surface area contributed by atoms with E-state index >= 15 is 0 Å². The lowest BCUT2D eigenvalue weighted by Crippen LogP contribution is -2.31. The van der Waals surface area contributed by atoms with Gasteiger partial charge in [0.1, 0.15) is 5.78 Å². The van der Waals surface area contributed by atoms with Crippen LogP contribution in [0.5, 0.6) is 0 Å². The van der Waals surface area contributed by atoms with Crippen LogP contribution in [0, 0.1) is 17.8 Å². The van der Waals surface area contributed by atoms with Crippen molar-refractivity contribution in [3.63, 3.8) is 0 Å². The van der Waals surface area contributed by atoms with Crippen LogP contribution >= 0.6 is 0 Å². The van der Waals surface area contributed by atoms with Crippen molar-refractivity contribution in [2.24, 2.45) is 17.8 Å². The molecule has 1 saturated carbocycles. The topological polar surface area (TPSA) is 17.1 Å². The number of Topliss-reactive ketones (excluding diaryl/α,β-unsaturated/α-hetero) is 1. The fraction of sp³-hybridized carbons (Fsp3) is 0.700. The smallest absolute Gasteiger partial charge is 0.133 e. The summed E-state index contributed by atoms with van der Waals surface area (Å²) >= 11 is 0. The first kappa shape index (κ1) is 7.08. The third-order valence-corrected chi connectivity index (χ3v) is 3.10. The Morgan fingerprint density at radius 1 is 1.36 bits per heavy atom. The quantitative estimate of drug-likeness (QED) is 0.523. The lowest BCUT2D eigenvalue weighted by atomic mass is 9.68. The van der Waals surface area contributed by atoms with E-state index in [4.69, 9.17) is 0 Å².